The first-order valence-corrected chi connectivity index (χ1v) is 6.17. The molecule has 0 radical (unpaired) electrons. The Morgan fingerprint density at radius 3 is 3.00 bits per heavy atom. The zero-order chi connectivity index (χ0) is 11.9. The average molecular weight is 222 g/mol. The minimum absolute atomic E-state index is 0.178. The van der Waals surface area contributed by atoms with Gasteiger partial charge >= 0.3 is 0 Å². The van der Waals surface area contributed by atoms with Crippen molar-refractivity contribution in [3.05, 3.63) is 0 Å². The highest BCUT2D eigenvalue weighted by Crippen LogP contribution is 2.31. The monoisotopic (exact) mass is 222 g/mol. The van der Waals surface area contributed by atoms with Crippen LogP contribution in [-0.4, -0.2) is 25.5 Å². The molecule has 2 N–H and O–H groups in total. The van der Waals surface area contributed by atoms with Crippen molar-refractivity contribution in [2.75, 3.05) is 19.6 Å². The Kier molecular flexibility index (Phi) is 5.34. The van der Waals surface area contributed by atoms with Gasteiger partial charge in [-0.1, -0.05) is 13.3 Å². The van der Waals surface area contributed by atoms with Crippen molar-refractivity contribution in [1.82, 2.24) is 10.6 Å². The van der Waals surface area contributed by atoms with Crippen LogP contribution in [0.1, 0.15) is 39.0 Å². The summed E-state index contributed by atoms with van der Waals surface area (Å²) in [6.07, 6.45) is 9.87. The van der Waals surface area contributed by atoms with Crippen LogP contribution in [0.3, 0.4) is 0 Å². The molecule has 3 nitrogen and oxygen atoms in total. The standard InChI is InChI=1S/C13H22N2O/c1-3-5-10-15-12(16)13(7-4-2)8-6-9-14-11-13/h1,14H,4-11H2,2H3,(H,15,16). The number of hydrogen-bond acceptors (Lipinski definition) is 2. The lowest BCUT2D eigenvalue weighted by Gasteiger charge is -2.36. The van der Waals surface area contributed by atoms with Gasteiger partial charge in [0, 0.05) is 19.5 Å². The molecular weight excluding hydrogens is 200 g/mol. The van der Waals surface area contributed by atoms with Crippen LogP contribution < -0.4 is 10.6 Å². The molecule has 0 bridgehead atoms. The number of hydrogen-bond donors (Lipinski definition) is 2. The number of rotatable bonds is 5. The van der Waals surface area contributed by atoms with E-state index < -0.39 is 0 Å². The summed E-state index contributed by atoms with van der Waals surface area (Å²) in [5.74, 6) is 2.72. The molecule has 0 aromatic rings. The molecular formula is C13H22N2O. The number of nitrogens with one attached hydrogen (secondary N) is 2. The smallest absolute Gasteiger partial charge is 0.227 e. The predicted octanol–water partition coefficient (Wildman–Crippen LogP) is 1.30. The topological polar surface area (TPSA) is 41.1 Å². The number of terminal acetylenes is 1. The van der Waals surface area contributed by atoms with Crippen molar-refractivity contribution in [1.29, 1.82) is 0 Å². The summed E-state index contributed by atoms with van der Waals surface area (Å²) < 4.78 is 0. The van der Waals surface area contributed by atoms with Gasteiger partial charge in [0.05, 0.1) is 5.41 Å². The van der Waals surface area contributed by atoms with Gasteiger partial charge in [0.15, 0.2) is 0 Å². The molecule has 1 rings (SSSR count). The molecule has 16 heavy (non-hydrogen) atoms. The van der Waals surface area contributed by atoms with Crippen LogP contribution in [-0.2, 0) is 4.79 Å². The average Bonchev–Trinajstić information content (AvgIpc) is 2.31. The maximum atomic E-state index is 12.2. The highest BCUT2D eigenvalue weighted by atomic mass is 16.2. The van der Waals surface area contributed by atoms with E-state index >= 15 is 0 Å². The molecule has 3 heteroatoms. The Morgan fingerprint density at radius 1 is 1.62 bits per heavy atom. The summed E-state index contributed by atoms with van der Waals surface area (Å²) >= 11 is 0. The molecule has 90 valence electrons. The molecule has 1 amide bonds. The second-order valence-corrected chi connectivity index (χ2v) is 4.52. The van der Waals surface area contributed by atoms with Crippen LogP contribution in [0.4, 0.5) is 0 Å². The van der Waals surface area contributed by atoms with E-state index in [0.29, 0.717) is 13.0 Å². The lowest BCUT2D eigenvalue weighted by Crippen LogP contribution is -2.50. The zero-order valence-corrected chi connectivity index (χ0v) is 10.1. The molecule has 1 atom stereocenters. The first-order chi connectivity index (χ1) is 7.75. The van der Waals surface area contributed by atoms with Crippen LogP contribution >= 0.6 is 0 Å². The summed E-state index contributed by atoms with van der Waals surface area (Å²) in [7, 11) is 0. The maximum Gasteiger partial charge on any atom is 0.227 e. The van der Waals surface area contributed by atoms with Gasteiger partial charge in [-0.3, -0.25) is 4.79 Å². The highest BCUT2D eigenvalue weighted by Gasteiger charge is 2.38. The maximum absolute atomic E-state index is 12.2. The summed E-state index contributed by atoms with van der Waals surface area (Å²) in [5, 5.41) is 6.29. The molecule has 0 saturated carbocycles. The molecule has 1 aliphatic rings. The Bertz CT molecular complexity index is 256. The van der Waals surface area contributed by atoms with Gasteiger partial charge in [-0.15, -0.1) is 12.3 Å². The second-order valence-electron chi connectivity index (χ2n) is 4.52. The molecule has 1 fully saturated rings. The van der Waals surface area contributed by atoms with E-state index in [2.05, 4.69) is 23.5 Å². The lowest BCUT2D eigenvalue weighted by atomic mass is 9.76. The Balaban J connectivity index is 2.54. The lowest BCUT2D eigenvalue weighted by molar-refractivity contribution is -0.132. The third-order valence-electron chi connectivity index (χ3n) is 3.24. The Labute approximate surface area is 98.4 Å². The third kappa shape index (κ3) is 3.24. The van der Waals surface area contributed by atoms with Gasteiger partial charge in [-0.05, 0) is 25.8 Å². The molecule has 1 unspecified atom stereocenters. The van der Waals surface area contributed by atoms with Gasteiger partial charge in [0.2, 0.25) is 5.91 Å². The van der Waals surface area contributed by atoms with Crippen molar-refractivity contribution < 1.29 is 4.79 Å². The quantitative estimate of drug-likeness (QED) is 0.544. The van der Waals surface area contributed by atoms with Gasteiger partial charge in [-0.2, -0.15) is 0 Å². The van der Waals surface area contributed by atoms with Crippen molar-refractivity contribution in [3.8, 4) is 12.3 Å². The number of carbonyl (C=O) groups excluding carboxylic acids is 1. The molecule has 1 saturated heterocycles. The van der Waals surface area contributed by atoms with Crippen LogP contribution in [0, 0.1) is 17.8 Å². The summed E-state index contributed by atoms with van der Waals surface area (Å²) in [5.41, 5.74) is -0.193. The van der Waals surface area contributed by atoms with Gasteiger partial charge in [0.1, 0.15) is 0 Å². The van der Waals surface area contributed by atoms with E-state index in [9.17, 15) is 4.79 Å². The van der Waals surface area contributed by atoms with Crippen LogP contribution in [0.5, 0.6) is 0 Å². The molecule has 1 aliphatic heterocycles. The SMILES string of the molecule is C#CCCNC(=O)C1(CCC)CCCNC1. The zero-order valence-electron chi connectivity index (χ0n) is 10.1. The number of piperidine rings is 1. The van der Waals surface area contributed by atoms with Crippen LogP contribution in [0.25, 0.3) is 0 Å². The van der Waals surface area contributed by atoms with Gasteiger partial charge in [0.25, 0.3) is 0 Å². The first-order valence-electron chi connectivity index (χ1n) is 6.17. The minimum atomic E-state index is -0.193. The highest BCUT2D eigenvalue weighted by molar-refractivity contribution is 5.83. The van der Waals surface area contributed by atoms with Gasteiger partial charge in [-0.25, -0.2) is 0 Å². The van der Waals surface area contributed by atoms with Crippen molar-refractivity contribution >= 4 is 5.91 Å². The number of carbonyl (C=O) groups is 1. The van der Waals surface area contributed by atoms with E-state index in [1.165, 1.54) is 0 Å². The summed E-state index contributed by atoms with van der Waals surface area (Å²) in [6.45, 7) is 4.57. The van der Waals surface area contributed by atoms with E-state index in [-0.39, 0.29) is 11.3 Å². The largest absolute Gasteiger partial charge is 0.355 e. The third-order valence-corrected chi connectivity index (χ3v) is 3.24. The van der Waals surface area contributed by atoms with E-state index in [4.69, 9.17) is 6.42 Å². The molecule has 0 aliphatic carbocycles. The van der Waals surface area contributed by atoms with E-state index in [1.54, 1.807) is 0 Å². The second kappa shape index (κ2) is 6.55. The number of amides is 1. The van der Waals surface area contributed by atoms with Crippen LogP contribution in [0.15, 0.2) is 0 Å². The Hall–Kier alpha value is -1.01. The predicted molar refractivity (Wildman–Crippen MR) is 65.9 cm³/mol. The normalized spacial score (nSPS) is 24.8. The fraction of sp³-hybridized carbons (Fsp3) is 0.769. The summed E-state index contributed by atoms with van der Waals surface area (Å²) in [4.78, 5) is 12.2. The van der Waals surface area contributed by atoms with E-state index in [0.717, 1.165) is 38.8 Å². The molecule has 1 heterocycles. The van der Waals surface area contributed by atoms with Gasteiger partial charge < -0.3 is 10.6 Å². The van der Waals surface area contributed by atoms with Crippen LogP contribution in [0.2, 0.25) is 0 Å². The fourth-order valence-corrected chi connectivity index (χ4v) is 2.40. The van der Waals surface area contributed by atoms with Crippen molar-refractivity contribution in [2.45, 2.75) is 39.0 Å². The minimum Gasteiger partial charge on any atom is -0.355 e. The fourth-order valence-electron chi connectivity index (χ4n) is 2.40. The van der Waals surface area contributed by atoms with E-state index in [1.807, 2.05) is 0 Å². The molecule has 0 aromatic carbocycles. The Morgan fingerprint density at radius 2 is 2.44 bits per heavy atom. The van der Waals surface area contributed by atoms with Crippen molar-refractivity contribution in [2.24, 2.45) is 5.41 Å². The molecule has 0 aromatic heterocycles. The first kappa shape index (κ1) is 13.1. The van der Waals surface area contributed by atoms with Crippen molar-refractivity contribution in [3.63, 3.8) is 0 Å². The summed E-state index contributed by atoms with van der Waals surface area (Å²) in [6, 6.07) is 0. The molecule has 0 spiro atoms.